The molecule has 0 saturated heterocycles. The number of aliphatic imine (C=N–C) groups is 1. The van der Waals surface area contributed by atoms with E-state index in [2.05, 4.69) is 23.7 Å². The molecule has 6 heteroatoms. The Kier molecular flexibility index (Phi) is 6.44. The molecule has 0 bridgehead atoms. The molecule has 18 heavy (non-hydrogen) atoms. The first-order valence-electron chi connectivity index (χ1n) is 6.53. The van der Waals surface area contributed by atoms with Crippen molar-refractivity contribution in [3.05, 3.63) is 0 Å². The molecule has 1 atom stereocenters. The van der Waals surface area contributed by atoms with E-state index in [9.17, 15) is 0 Å². The summed E-state index contributed by atoms with van der Waals surface area (Å²) < 4.78 is 16.3. The largest absolute Gasteiger partial charge is 0.500 e. The van der Waals surface area contributed by atoms with Gasteiger partial charge < -0.3 is 13.3 Å². The molecule has 0 aliphatic carbocycles. The van der Waals surface area contributed by atoms with Crippen molar-refractivity contribution >= 4 is 14.5 Å². The van der Waals surface area contributed by atoms with Crippen molar-refractivity contribution in [2.75, 3.05) is 34.4 Å². The van der Waals surface area contributed by atoms with Gasteiger partial charge in [-0.15, -0.1) is 0 Å². The molecular formula is C12H26N2O3Si. The molecule has 0 N–H and O–H groups in total. The van der Waals surface area contributed by atoms with Gasteiger partial charge in [0, 0.05) is 46.2 Å². The molecule has 0 spiro atoms. The van der Waals surface area contributed by atoms with Gasteiger partial charge in [0.25, 0.3) is 0 Å². The van der Waals surface area contributed by atoms with Gasteiger partial charge in [-0.05, 0) is 19.8 Å². The van der Waals surface area contributed by atoms with E-state index < -0.39 is 8.80 Å². The number of hydrogen-bond acceptors (Lipinski definition) is 5. The van der Waals surface area contributed by atoms with Crippen molar-refractivity contribution in [1.82, 2.24) is 4.90 Å². The lowest BCUT2D eigenvalue weighted by atomic mass is 10.3. The Labute approximate surface area is 111 Å². The topological polar surface area (TPSA) is 43.3 Å². The second-order valence-electron chi connectivity index (χ2n) is 4.62. The molecule has 1 aliphatic heterocycles. The van der Waals surface area contributed by atoms with Gasteiger partial charge in [0.15, 0.2) is 0 Å². The van der Waals surface area contributed by atoms with Gasteiger partial charge in [0.2, 0.25) is 0 Å². The van der Waals surface area contributed by atoms with Crippen LogP contribution in [0.5, 0.6) is 0 Å². The molecule has 0 amide bonds. The lowest BCUT2D eigenvalue weighted by molar-refractivity contribution is 0.121. The van der Waals surface area contributed by atoms with Crippen LogP contribution in [-0.2, 0) is 13.3 Å². The number of hydrogen-bond donors (Lipinski definition) is 0. The van der Waals surface area contributed by atoms with Crippen molar-refractivity contribution in [2.45, 2.75) is 38.9 Å². The van der Waals surface area contributed by atoms with E-state index in [4.69, 9.17) is 13.3 Å². The highest BCUT2D eigenvalue weighted by Gasteiger charge is 2.37. The van der Waals surface area contributed by atoms with Gasteiger partial charge in [-0.25, -0.2) is 0 Å². The first-order chi connectivity index (χ1) is 8.60. The van der Waals surface area contributed by atoms with Gasteiger partial charge in [0.1, 0.15) is 6.17 Å². The zero-order valence-corrected chi connectivity index (χ0v) is 13.2. The van der Waals surface area contributed by atoms with Crippen molar-refractivity contribution in [1.29, 1.82) is 0 Å². The standard InChI is InChI=1S/C12H26N2O3Si/c1-6-12-13-11(2)10-14(12)8-7-9-18(15-3,16-4)17-5/h12H,6-10H2,1-5H3. The third-order valence-corrected chi connectivity index (χ3v) is 6.28. The third-order valence-electron chi connectivity index (χ3n) is 3.45. The summed E-state index contributed by atoms with van der Waals surface area (Å²) in [4.78, 5) is 7.04. The molecular weight excluding hydrogens is 248 g/mol. The number of rotatable bonds is 8. The quantitative estimate of drug-likeness (QED) is 0.633. The van der Waals surface area contributed by atoms with E-state index in [0.29, 0.717) is 6.17 Å². The highest BCUT2D eigenvalue weighted by atomic mass is 28.4. The van der Waals surface area contributed by atoms with Crippen molar-refractivity contribution in [3.63, 3.8) is 0 Å². The van der Waals surface area contributed by atoms with E-state index in [1.165, 1.54) is 5.71 Å². The first-order valence-corrected chi connectivity index (χ1v) is 8.46. The van der Waals surface area contributed by atoms with Gasteiger partial charge in [-0.3, -0.25) is 9.89 Å². The minimum Gasteiger partial charge on any atom is -0.377 e. The summed E-state index contributed by atoms with van der Waals surface area (Å²) in [6, 6.07) is 0.850. The molecule has 1 aliphatic rings. The smallest absolute Gasteiger partial charge is 0.377 e. The summed E-state index contributed by atoms with van der Waals surface area (Å²) in [6.45, 7) is 6.28. The summed E-state index contributed by atoms with van der Waals surface area (Å²) in [5, 5.41) is 0. The van der Waals surface area contributed by atoms with Crippen LogP contribution in [0.25, 0.3) is 0 Å². The summed E-state index contributed by atoms with van der Waals surface area (Å²) in [5.74, 6) is 0. The minimum absolute atomic E-state index is 0.355. The zero-order chi connectivity index (χ0) is 13.6. The monoisotopic (exact) mass is 274 g/mol. The van der Waals surface area contributed by atoms with Crippen LogP contribution in [0.4, 0.5) is 0 Å². The Morgan fingerprint density at radius 2 is 1.89 bits per heavy atom. The Hall–Kier alpha value is -0.273. The fourth-order valence-corrected chi connectivity index (χ4v) is 4.11. The summed E-state index contributed by atoms with van der Waals surface area (Å²) in [6.07, 6.45) is 2.44. The van der Waals surface area contributed by atoms with Gasteiger partial charge in [0.05, 0.1) is 0 Å². The third kappa shape index (κ3) is 3.86. The maximum atomic E-state index is 5.42. The van der Waals surface area contributed by atoms with Crippen molar-refractivity contribution < 1.29 is 13.3 Å². The van der Waals surface area contributed by atoms with Gasteiger partial charge >= 0.3 is 8.80 Å². The maximum Gasteiger partial charge on any atom is 0.500 e. The molecule has 0 fully saturated rings. The van der Waals surface area contributed by atoms with Crippen LogP contribution in [0.2, 0.25) is 6.04 Å². The van der Waals surface area contributed by atoms with Crippen molar-refractivity contribution in [3.8, 4) is 0 Å². The molecule has 0 saturated carbocycles. The highest BCUT2D eigenvalue weighted by Crippen LogP contribution is 2.18. The molecule has 106 valence electrons. The molecule has 0 radical (unpaired) electrons. The van der Waals surface area contributed by atoms with E-state index in [1.54, 1.807) is 21.3 Å². The molecule has 0 aromatic heterocycles. The van der Waals surface area contributed by atoms with Gasteiger partial charge in [-0.2, -0.15) is 0 Å². The van der Waals surface area contributed by atoms with Crippen LogP contribution in [0.15, 0.2) is 4.99 Å². The van der Waals surface area contributed by atoms with E-state index in [1.807, 2.05) is 0 Å². The second-order valence-corrected chi connectivity index (χ2v) is 7.71. The SMILES string of the molecule is CCC1N=C(C)CN1CCC[Si](OC)(OC)OC. The predicted molar refractivity (Wildman–Crippen MR) is 75.0 cm³/mol. The van der Waals surface area contributed by atoms with Crippen LogP contribution in [0, 0.1) is 0 Å². The average molecular weight is 274 g/mol. The lowest BCUT2D eigenvalue weighted by Gasteiger charge is -2.26. The fourth-order valence-electron chi connectivity index (χ4n) is 2.41. The summed E-state index contributed by atoms with van der Waals surface area (Å²) >= 11 is 0. The molecule has 0 aromatic carbocycles. The van der Waals surface area contributed by atoms with Crippen LogP contribution in [-0.4, -0.2) is 60.0 Å². The Bertz CT molecular complexity index is 274. The van der Waals surface area contributed by atoms with Crippen LogP contribution < -0.4 is 0 Å². The van der Waals surface area contributed by atoms with Crippen molar-refractivity contribution in [2.24, 2.45) is 4.99 Å². The molecule has 1 heterocycles. The Morgan fingerprint density at radius 1 is 1.28 bits per heavy atom. The maximum absolute atomic E-state index is 5.42. The Morgan fingerprint density at radius 3 is 2.39 bits per heavy atom. The summed E-state index contributed by atoms with van der Waals surface area (Å²) in [5.41, 5.74) is 1.23. The summed E-state index contributed by atoms with van der Waals surface area (Å²) in [7, 11) is 2.59. The average Bonchev–Trinajstić information content (AvgIpc) is 2.75. The molecule has 0 aromatic rings. The Balaban J connectivity index is 2.38. The molecule has 1 unspecified atom stereocenters. The molecule has 1 rings (SSSR count). The fraction of sp³-hybridized carbons (Fsp3) is 0.917. The van der Waals surface area contributed by atoms with E-state index >= 15 is 0 Å². The number of nitrogens with zero attached hydrogens (tertiary/aromatic N) is 2. The normalized spacial score (nSPS) is 21.4. The lowest BCUT2D eigenvalue weighted by Crippen LogP contribution is -2.43. The van der Waals surface area contributed by atoms with Gasteiger partial charge in [-0.1, -0.05) is 6.92 Å². The predicted octanol–water partition coefficient (Wildman–Crippen LogP) is 1.77. The minimum atomic E-state index is -2.40. The van der Waals surface area contributed by atoms with Crippen LogP contribution in [0.1, 0.15) is 26.7 Å². The highest BCUT2D eigenvalue weighted by molar-refractivity contribution is 6.60. The second kappa shape index (κ2) is 7.35. The molecule has 5 nitrogen and oxygen atoms in total. The zero-order valence-electron chi connectivity index (χ0n) is 12.2. The van der Waals surface area contributed by atoms with Crippen LogP contribution in [0.3, 0.4) is 0 Å². The van der Waals surface area contributed by atoms with Crippen LogP contribution >= 0.6 is 0 Å². The van der Waals surface area contributed by atoms with E-state index in [0.717, 1.165) is 32.0 Å². The van der Waals surface area contributed by atoms with E-state index in [-0.39, 0.29) is 0 Å². The first kappa shape index (κ1) is 15.8.